The minimum atomic E-state index is -0.905. The van der Waals surface area contributed by atoms with Gasteiger partial charge >= 0.3 is 5.97 Å². The Bertz CT molecular complexity index is 520. The van der Waals surface area contributed by atoms with Crippen LogP contribution in [0.25, 0.3) is 0 Å². The van der Waals surface area contributed by atoms with Gasteiger partial charge in [0, 0.05) is 6.54 Å². The number of carboxylic acids is 1. The molecule has 18 heavy (non-hydrogen) atoms. The van der Waals surface area contributed by atoms with Gasteiger partial charge in [-0.1, -0.05) is 18.2 Å². The molecule has 0 saturated heterocycles. The quantitative estimate of drug-likeness (QED) is 0.850. The van der Waals surface area contributed by atoms with Crippen LogP contribution >= 0.6 is 0 Å². The highest BCUT2D eigenvalue weighted by atomic mass is 16.4. The van der Waals surface area contributed by atoms with Crippen LogP contribution in [-0.2, 0) is 6.54 Å². The summed E-state index contributed by atoms with van der Waals surface area (Å²) in [5.74, 6) is -0.0687. The molecule has 2 N–H and O–H groups in total. The van der Waals surface area contributed by atoms with E-state index >= 15 is 0 Å². The van der Waals surface area contributed by atoms with Gasteiger partial charge in [-0.15, -0.1) is 0 Å². The standard InChI is InChI=1S/C14H15NO3/c1-10(13-7-4-8-18-13)15-9-11-5-2-3-6-12(11)14(16)17/h2-8,10,15H,9H2,1H3,(H,16,17)/t10-/m0/s1. The molecule has 2 aromatic rings. The lowest BCUT2D eigenvalue weighted by atomic mass is 10.1. The van der Waals surface area contributed by atoms with Gasteiger partial charge in [-0.05, 0) is 30.7 Å². The molecule has 0 fully saturated rings. The first-order valence-electron chi connectivity index (χ1n) is 5.76. The molecule has 1 atom stereocenters. The fourth-order valence-corrected chi connectivity index (χ4v) is 1.78. The maximum absolute atomic E-state index is 11.0. The Balaban J connectivity index is 2.04. The van der Waals surface area contributed by atoms with E-state index in [1.54, 1.807) is 18.4 Å². The van der Waals surface area contributed by atoms with Gasteiger partial charge < -0.3 is 14.8 Å². The summed E-state index contributed by atoms with van der Waals surface area (Å²) in [5, 5.41) is 12.3. The van der Waals surface area contributed by atoms with E-state index in [0.717, 1.165) is 11.3 Å². The minimum absolute atomic E-state index is 0.0434. The average molecular weight is 245 g/mol. The third kappa shape index (κ3) is 2.78. The minimum Gasteiger partial charge on any atom is -0.478 e. The molecule has 0 unspecified atom stereocenters. The van der Waals surface area contributed by atoms with Crippen molar-refractivity contribution < 1.29 is 14.3 Å². The lowest BCUT2D eigenvalue weighted by Gasteiger charge is -2.12. The van der Waals surface area contributed by atoms with Crippen LogP contribution in [0.3, 0.4) is 0 Å². The summed E-state index contributed by atoms with van der Waals surface area (Å²) in [6, 6.07) is 10.7. The second-order valence-corrected chi connectivity index (χ2v) is 4.08. The zero-order valence-electron chi connectivity index (χ0n) is 10.1. The first-order valence-corrected chi connectivity index (χ1v) is 5.76. The molecule has 94 valence electrons. The predicted molar refractivity (Wildman–Crippen MR) is 67.4 cm³/mol. The summed E-state index contributed by atoms with van der Waals surface area (Å²) < 4.78 is 5.28. The first-order chi connectivity index (χ1) is 8.68. The molecular weight excluding hydrogens is 230 g/mol. The lowest BCUT2D eigenvalue weighted by molar-refractivity contribution is 0.0695. The molecule has 0 bridgehead atoms. The van der Waals surface area contributed by atoms with E-state index in [9.17, 15) is 4.79 Å². The number of carboxylic acid groups (broad SMARTS) is 1. The van der Waals surface area contributed by atoms with Gasteiger partial charge in [-0.2, -0.15) is 0 Å². The molecule has 2 rings (SSSR count). The fourth-order valence-electron chi connectivity index (χ4n) is 1.78. The van der Waals surface area contributed by atoms with E-state index < -0.39 is 5.97 Å². The topological polar surface area (TPSA) is 62.5 Å². The second kappa shape index (κ2) is 5.51. The van der Waals surface area contributed by atoms with Crippen molar-refractivity contribution in [1.82, 2.24) is 5.32 Å². The van der Waals surface area contributed by atoms with Crippen LogP contribution in [0.4, 0.5) is 0 Å². The third-order valence-electron chi connectivity index (χ3n) is 2.82. The van der Waals surface area contributed by atoms with Gasteiger partial charge in [0.2, 0.25) is 0 Å². The van der Waals surface area contributed by atoms with Gasteiger partial charge in [0.15, 0.2) is 0 Å². The molecular formula is C14H15NO3. The van der Waals surface area contributed by atoms with Crippen LogP contribution in [0.15, 0.2) is 47.1 Å². The monoisotopic (exact) mass is 245 g/mol. The molecule has 0 saturated carbocycles. The number of hydrogen-bond donors (Lipinski definition) is 2. The van der Waals surface area contributed by atoms with E-state index in [1.165, 1.54) is 0 Å². The molecule has 1 aromatic carbocycles. The Hall–Kier alpha value is -2.07. The van der Waals surface area contributed by atoms with Crippen LogP contribution in [0.5, 0.6) is 0 Å². The van der Waals surface area contributed by atoms with Crippen LogP contribution in [0, 0.1) is 0 Å². The summed E-state index contributed by atoms with van der Waals surface area (Å²) in [6.45, 7) is 2.46. The molecule has 1 heterocycles. The number of nitrogens with one attached hydrogen (secondary N) is 1. The Morgan fingerprint density at radius 2 is 2.11 bits per heavy atom. The van der Waals surface area contributed by atoms with E-state index in [1.807, 2.05) is 31.2 Å². The number of benzene rings is 1. The first kappa shape index (κ1) is 12.4. The van der Waals surface area contributed by atoms with E-state index in [4.69, 9.17) is 9.52 Å². The number of hydrogen-bond acceptors (Lipinski definition) is 3. The molecule has 0 aliphatic carbocycles. The highest BCUT2D eigenvalue weighted by Gasteiger charge is 2.11. The largest absolute Gasteiger partial charge is 0.478 e. The molecule has 0 aliphatic rings. The SMILES string of the molecule is C[C@H](NCc1ccccc1C(=O)O)c1ccco1. The molecule has 0 aliphatic heterocycles. The van der Waals surface area contributed by atoms with Crippen molar-refractivity contribution in [2.24, 2.45) is 0 Å². The Kier molecular flexibility index (Phi) is 3.79. The predicted octanol–water partition coefficient (Wildman–Crippen LogP) is 2.83. The maximum Gasteiger partial charge on any atom is 0.336 e. The summed E-state index contributed by atoms with van der Waals surface area (Å²) in [4.78, 5) is 11.0. The number of rotatable bonds is 5. The molecule has 0 amide bonds. The van der Waals surface area contributed by atoms with Gasteiger partial charge in [-0.3, -0.25) is 0 Å². The number of carbonyl (C=O) groups is 1. The molecule has 1 aromatic heterocycles. The smallest absolute Gasteiger partial charge is 0.336 e. The highest BCUT2D eigenvalue weighted by molar-refractivity contribution is 5.89. The molecule has 4 heteroatoms. The number of furan rings is 1. The summed E-state index contributed by atoms with van der Waals surface area (Å²) in [5.41, 5.74) is 1.10. The zero-order chi connectivity index (χ0) is 13.0. The third-order valence-corrected chi connectivity index (χ3v) is 2.82. The van der Waals surface area contributed by atoms with E-state index in [0.29, 0.717) is 12.1 Å². The normalized spacial score (nSPS) is 12.3. The Labute approximate surface area is 105 Å². The van der Waals surface area contributed by atoms with Crippen LogP contribution in [0.1, 0.15) is 34.6 Å². The van der Waals surface area contributed by atoms with Crippen molar-refractivity contribution in [2.45, 2.75) is 19.5 Å². The Morgan fingerprint density at radius 1 is 1.33 bits per heavy atom. The van der Waals surface area contributed by atoms with Crippen molar-refractivity contribution >= 4 is 5.97 Å². The number of aromatic carboxylic acids is 1. The summed E-state index contributed by atoms with van der Waals surface area (Å²) in [6.07, 6.45) is 1.62. The van der Waals surface area contributed by atoms with Crippen molar-refractivity contribution in [3.05, 3.63) is 59.5 Å². The second-order valence-electron chi connectivity index (χ2n) is 4.08. The van der Waals surface area contributed by atoms with Gasteiger partial charge in [-0.25, -0.2) is 4.79 Å². The Morgan fingerprint density at radius 3 is 2.78 bits per heavy atom. The van der Waals surface area contributed by atoms with Crippen LogP contribution in [0.2, 0.25) is 0 Å². The maximum atomic E-state index is 11.0. The zero-order valence-corrected chi connectivity index (χ0v) is 10.1. The van der Waals surface area contributed by atoms with E-state index in [-0.39, 0.29) is 6.04 Å². The fraction of sp³-hybridized carbons (Fsp3) is 0.214. The van der Waals surface area contributed by atoms with Gasteiger partial charge in [0.1, 0.15) is 5.76 Å². The average Bonchev–Trinajstić information content (AvgIpc) is 2.90. The van der Waals surface area contributed by atoms with E-state index in [2.05, 4.69) is 5.32 Å². The molecule has 0 spiro atoms. The van der Waals surface area contributed by atoms with Crippen molar-refractivity contribution in [1.29, 1.82) is 0 Å². The van der Waals surface area contributed by atoms with Crippen molar-refractivity contribution in [3.63, 3.8) is 0 Å². The van der Waals surface area contributed by atoms with Crippen LogP contribution in [-0.4, -0.2) is 11.1 Å². The summed E-state index contributed by atoms with van der Waals surface area (Å²) >= 11 is 0. The lowest BCUT2D eigenvalue weighted by Crippen LogP contribution is -2.19. The van der Waals surface area contributed by atoms with Gasteiger partial charge in [0.05, 0.1) is 17.9 Å². The molecule has 4 nitrogen and oxygen atoms in total. The van der Waals surface area contributed by atoms with Crippen molar-refractivity contribution in [2.75, 3.05) is 0 Å². The van der Waals surface area contributed by atoms with Crippen LogP contribution < -0.4 is 5.32 Å². The summed E-state index contributed by atoms with van der Waals surface area (Å²) in [7, 11) is 0. The van der Waals surface area contributed by atoms with Crippen molar-refractivity contribution in [3.8, 4) is 0 Å². The molecule has 0 radical (unpaired) electrons. The highest BCUT2D eigenvalue weighted by Crippen LogP contribution is 2.14. The van der Waals surface area contributed by atoms with Gasteiger partial charge in [0.25, 0.3) is 0 Å².